The van der Waals surface area contributed by atoms with Crippen LogP contribution in [0, 0.1) is 0 Å². The fourth-order valence-electron chi connectivity index (χ4n) is 1.70. The average molecular weight is 310 g/mol. The third kappa shape index (κ3) is 2.49. The Morgan fingerprint density at radius 1 is 1.56 bits per heavy atom. The average Bonchev–Trinajstić information content (AvgIpc) is 2.41. The highest BCUT2D eigenvalue weighted by Gasteiger charge is 2.17. The maximum Gasteiger partial charge on any atom is 0.323 e. The first-order valence-corrected chi connectivity index (χ1v) is 6.14. The smallest absolute Gasteiger partial charge is 0.323 e. The predicted octanol–water partition coefficient (Wildman–Crippen LogP) is 1.44. The van der Waals surface area contributed by atoms with Crippen molar-refractivity contribution in [1.29, 1.82) is 0 Å². The summed E-state index contributed by atoms with van der Waals surface area (Å²) >= 11 is 3.39. The molecule has 2 aromatic rings. The second-order valence-corrected chi connectivity index (χ2v) is 4.64. The van der Waals surface area contributed by atoms with Crippen LogP contribution in [0.4, 0.5) is 0 Å². The molecule has 0 spiro atoms. The third-order valence-corrected chi connectivity index (χ3v) is 3.18. The lowest BCUT2D eigenvalue weighted by Gasteiger charge is -2.10. The molecule has 0 aliphatic heterocycles. The van der Waals surface area contributed by atoms with Crippen molar-refractivity contribution in [1.82, 2.24) is 9.97 Å². The molecule has 0 aliphatic rings. The summed E-state index contributed by atoms with van der Waals surface area (Å²) in [6.45, 7) is 0. The van der Waals surface area contributed by atoms with E-state index in [4.69, 9.17) is 5.73 Å². The summed E-state index contributed by atoms with van der Waals surface area (Å²) in [7, 11) is 1.32. The number of rotatable bonds is 3. The number of ether oxygens (including phenoxy) is 1. The lowest BCUT2D eigenvalue weighted by molar-refractivity contribution is -0.142. The predicted molar refractivity (Wildman–Crippen MR) is 70.9 cm³/mol. The highest BCUT2D eigenvalue weighted by molar-refractivity contribution is 9.10. The van der Waals surface area contributed by atoms with E-state index in [2.05, 4.69) is 30.6 Å². The number of carbonyl (C=O) groups excluding carboxylic acids is 1. The van der Waals surface area contributed by atoms with Gasteiger partial charge < -0.3 is 10.5 Å². The van der Waals surface area contributed by atoms with Crippen LogP contribution in [0.3, 0.4) is 0 Å². The first-order valence-electron chi connectivity index (χ1n) is 5.35. The number of fused-ring (bicyclic) bond motifs is 1. The van der Waals surface area contributed by atoms with Crippen LogP contribution < -0.4 is 5.73 Å². The second-order valence-electron chi connectivity index (χ2n) is 3.79. The van der Waals surface area contributed by atoms with Crippen molar-refractivity contribution in [3.8, 4) is 0 Å². The van der Waals surface area contributed by atoms with E-state index in [-0.39, 0.29) is 0 Å². The molecule has 5 nitrogen and oxygen atoms in total. The van der Waals surface area contributed by atoms with Gasteiger partial charge in [0.15, 0.2) is 0 Å². The lowest BCUT2D eigenvalue weighted by atomic mass is 10.1. The molecule has 0 saturated carbocycles. The maximum atomic E-state index is 11.3. The van der Waals surface area contributed by atoms with Gasteiger partial charge in [-0.2, -0.15) is 0 Å². The largest absolute Gasteiger partial charge is 0.468 e. The molecular formula is C12H12BrN3O2. The third-order valence-electron chi connectivity index (χ3n) is 2.60. The van der Waals surface area contributed by atoms with Crippen LogP contribution in [-0.2, 0) is 16.0 Å². The molecule has 1 unspecified atom stereocenters. The molecule has 0 saturated heterocycles. The number of hydrogen-bond acceptors (Lipinski definition) is 5. The van der Waals surface area contributed by atoms with Gasteiger partial charge in [0, 0.05) is 24.2 Å². The van der Waals surface area contributed by atoms with E-state index in [0.717, 1.165) is 21.1 Å². The number of methoxy groups -OCH3 is 1. The van der Waals surface area contributed by atoms with Crippen LogP contribution in [0.15, 0.2) is 29.0 Å². The van der Waals surface area contributed by atoms with E-state index in [1.54, 1.807) is 12.4 Å². The van der Waals surface area contributed by atoms with Crippen molar-refractivity contribution in [3.63, 3.8) is 0 Å². The standard InChI is InChI=1S/C12H12BrN3O2/c1-18-12(17)9(14)5-10-7-3-2-4-15-11(7)8(13)6-16-10/h2-4,6,9H,5,14H2,1H3. The molecule has 18 heavy (non-hydrogen) atoms. The Labute approximate surface area is 112 Å². The van der Waals surface area contributed by atoms with Gasteiger partial charge in [0.05, 0.1) is 22.8 Å². The minimum Gasteiger partial charge on any atom is -0.468 e. The molecule has 0 amide bonds. The summed E-state index contributed by atoms with van der Waals surface area (Å²) < 4.78 is 5.42. The van der Waals surface area contributed by atoms with E-state index in [1.165, 1.54) is 7.11 Å². The van der Waals surface area contributed by atoms with Gasteiger partial charge in [-0.15, -0.1) is 0 Å². The van der Waals surface area contributed by atoms with E-state index >= 15 is 0 Å². The first kappa shape index (κ1) is 12.9. The van der Waals surface area contributed by atoms with Crippen LogP contribution in [0.25, 0.3) is 10.9 Å². The Kier molecular flexibility index (Phi) is 3.88. The van der Waals surface area contributed by atoms with Gasteiger partial charge in [-0.25, -0.2) is 0 Å². The SMILES string of the molecule is COC(=O)C(N)Cc1ncc(Br)c2ncccc12. The summed E-state index contributed by atoms with van der Waals surface area (Å²) in [4.78, 5) is 19.9. The van der Waals surface area contributed by atoms with Crippen molar-refractivity contribution in [2.24, 2.45) is 5.73 Å². The Bertz CT molecular complexity index is 589. The summed E-state index contributed by atoms with van der Waals surface area (Å²) in [6, 6.07) is 3.01. The van der Waals surface area contributed by atoms with Crippen molar-refractivity contribution < 1.29 is 9.53 Å². The van der Waals surface area contributed by atoms with Crippen LogP contribution in [0.2, 0.25) is 0 Å². The molecule has 0 bridgehead atoms. The number of aromatic nitrogens is 2. The number of nitrogens with two attached hydrogens (primary N) is 1. The second kappa shape index (κ2) is 5.41. The Hall–Kier alpha value is -1.53. The van der Waals surface area contributed by atoms with Crippen LogP contribution in [-0.4, -0.2) is 29.1 Å². The van der Waals surface area contributed by atoms with Gasteiger partial charge in [0.1, 0.15) is 6.04 Å². The summed E-state index contributed by atoms with van der Waals surface area (Å²) in [6.07, 6.45) is 3.69. The molecule has 2 N–H and O–H groups in total. The van der Waals surface area contributed by atoms with Crippen molar-refractivity contribution in [2.75, 3.05) is 7.11 Å². The molecule has 2 heterocycles. The molecule has 0 fully saturated rings. The number of nitrogens with zero attached hydrogens (tertiary/aromatic N) is 2. The van der Waals surface area contributed by atoms with E-state index in [1.807, 2.05) is 12.1 Å². The summed E-state index contributed by atoms with van der Waals surface area (Å²) in [5.74, 6) is -0.447. The molecule has 0 aromatic carbocycles. The summed E-state index contributed by atoms with van der Waals surface area (Å²) in [5, 5.41) is 0.881. The Balaban J connectivity index is 2.40. The zero-order chi connectivity index (χ0) is 13.1. The lowest BCUT2D eigenvalue weighted by Crippen LogP contribution is -2.34. The number of halogens is 1. The van der Waals surface area contributed by atoms with Gasteiger partial charge in [-0.1, -0.05) is 0 Å². The van der Waals surface area contributed by atoms with Gasteiger partial charge in [0.2, 0.25) is 0 Å². The quantitative estimate of drug-likeness (QED) is 0.868. The number of hydrogen-bond donors (Lipinski definition) is 1. The number of pyridine rings is 2. The molecule has 0 radical (unpaired) electrons. The van der Waals surface area contributed by atoms with Crippen LogP contribution in [0.1, 0.15) is 5.69 Å². The Morgan fingerprint density at radius 2 is 2.33 bits per heavy atom. The zero-order valence-electron chi connectivity index (χ0n) is 9.76. The van der Waals surface area contributed by atoms with Crippen LogP contribution in [0.5, 0.6) is 0 Å². The first-order chi connectivity index (χ1) is 8.63. The van der Waals surface area contributed by atoms with E-state index in [0.29, 0.717) is 6.42 Å². The Morgan fingerprint density at radius 3 is 3.06 bits per heavy atom. The van der Waals surface area contributed by atoms with Crippen molar-refractivity contribution in [2.45, 2.75) is 12.5 Å². The molecule has 94 valence electrons. The highest BCUT2D eigenvalue weighted by atomic mass is 79.9. The molecule has 0 aliphatic carbocycles. The van der Waals surface area contributed by atoms with Gasteiger partial charge in [0.25, 0.3) is 0 Å². The monoisotopic (exact) mass is 309 g/mol. The normalized spacial score (nSPS) is 12.4. The van der Waals surface area contributed by atoms with Gasteiger partial charge in [-0.05, 0) is 28.1 Å². The topological polar surface area (TPSA) is 78.1 Å². The highest BCUT2D eigenvalue weighted by Crippen LogP contribution is 2.23. The van der Waals surface area contributed by atoms with Gasteiger partial charge >= 0.3 is 5.97 Å². The number of esters is 1. The van der Waals surface area contributed by atoms with Crippen molar-refractivity contribution >= 4 is 32.8 Å². The molecule has 2 aromatic heterocycles. The maximum absolute atomic E-state index is 11.3. The fraction of sp³-hybridized carbons (Fsp3) is 0.250. The molecule has 1 atom stereocenters. The van der Waals surface area contributed by atoms with E-state index in [9.17, 15) is 4.79 Å². The molecule has 2 rings (SSSR count). The summed E-state index contributed by atoms with van der Waals surface area (Å²) in [5.41, 5.74) is 7.28. The van der Waals surface area contributed by atoms with Gasteiger partial charge in [-0.3, -0.25) is 14.8 Å². The minimum absolute atomic E-state index is 0.322. The fourth-order valence-corrected chi connectivity index (χ4v) is 2.12. The molecular weight excluding hydrogens is 298 g/mol. The molecule has 6 heteroatoms. The minimum atomic E-state index is -0.716. The van der Waals surface area contributed by atoms with E-state index < -0.39 is 12.0 Å². The van der Waals surface area contributed by atoms with Crippen molar-refractivity contribution in [3.05, 3.63) is 34.7 Å². The zero-order valence-corrected chi connectivity index (χ0v) is 11.3. The van der Waals surface area contributed by atoms with Crippen LogP contribution >= 0.6 is 15.9 Å². The number of carbonyl (C=O) groups is 1.